The normalized spacial score (nSPS) is 18.6. The summed E-state index contributed by atoms with van der Waals surface area (Å²) in [6.45, 7) is 3.92. The van der Waals surface area contributed by atoms with Crippen LogP contribution in [-0.2, 0) is 21.7 Å². The summed E-state index contributed by atoms with van der Waals surface area (Å²) in [7, 11) is 0. The van der Waals surface area contributed by atoms with E-state index in [1.807, 2.05) is 26.0 Å². The van der Waals surface area contributed by atoms with Gasteiger partial charge < -0.3 is 10.2 Å². The van der Waals surface area contributed by atoms with Gasteiger partial charge in [0, 0.05) is 29.1 Å². The predicted octanol–water partition coefficient (Wildman–Crippen LogP) is 2.77. The van der Waals surface area contributed by atoms with Gasteiger partial charge in [-0.25, -0.2) is 0 Å². The quantitative estimate of drug-likeness (QED) is 0.716. The number of halogens is 1. The molecular weight excluding hydrogens is 418 g/mol. The van der Waals surface area contributed by atoms with Gasteiger partial charge in [-0.05, 0) is 55.7 Å². The van der Waals surface area contributed by atoms with Gasteiger partial charge in [0.25, 0.3) is 11.8 Å². The maximum Gasteiger partial charge on any atom is 0.255 e. The summed E-state index contributed by atoms with van der Waals surface area (Å²) >= 11 is 5.97. The van der Waals surface area contributed by atoms with E-state index in [2.05, 4.69) is 10.6 Å². The number of rotatable bonds is 4. The number of fused-ring (bicyclic) bond motifs is 1. The number of carbonyl (C=O) groups excluding carboxylic acids is 4. The average Bonchev–Trinajstić information content (AvgIpc) is 3.04. The SMILES string of the molecule is CC(C)(NC(=O)c1cccc2c1CN(C1CCC(=O)NC1=O)C2=O)c1ccc(Cl)cc1. The fourth-order valence-corrected chi connectivity index (χ4v) is 4.21. The largest absolute Gasteiger partial charge is 0.343 e. The van der Waals surface area contributed by atoms with Crippen LogP contribution in [0.1, 0.15) is 58.5 Å². The molecule has 2 aliphatic heterocycles. The Balaban J connectivity index is 1.58. The lowest BCUT2D eigenvalue weighted by Gasteiger charge is -2.29. The van der Waals surface area contributed by atoms with Crippen molar-refractivity contribution in [2.45, 2.75) is 44.8 Å². The van der Waals surface area contributed by atoms with E-state index < -0.39 is 17.5 Å². The zero-order valence-electron chi connectivity index (χ0n) is 17.2. The van der Waals surface area contributed by atoms with Crippen molar-refractivity contribution < 1.29 is 19.2 Å². The van der Waals surface area contributed by atoms with E-state index in [0.29, 0.717) is 21.7 Å². The van der Waals surface area contributed by atoms with Crippen molar-refractivity contribution in [1.82, 2.24) is 15.5 Å². The second-order valence-corrected chi connectivity index (χ2v) is 8.75. The van der Waals surface area contributed by atoms with Crippen LogP contribution in [0.25, 0.3) is 0 Å². The highest BCUT2D eigenvalue weighted by Crippen LogP contribution is 2.31. The number of carbonyl (C=O) groups is 4. The predicted molar refractivity (Wildman–Crippen MR) is 114 cm³/mol. The second-order valence-electron chi connectivity index (χ2n) is 8.32. The molecule has 31 heavy (non-hydrogen) atoms. The molecule has 2 aliphatic rings. The zero-order valence-corrected chi connectivity index (χ0v) is 18.0. The maximum absolute atomic E-state index is 13.2. The summed E-state index contributed by atoms with van der Waals surface area (Å²) in [6.07, 6.45) is 0.453. The summed E-state index contributed by atoms with van der Waals surface area (Å²) < 4.78 is 0. The molecule has 4 amide bonds. The number of piperidine rings is 1. The molecule has 0 saturated carbocycles. The molecule has 1 saturated heterocycles. The highest BCUT2D eigenvalue weighted by atomic mass is 35.5. The minimum atomic E-state index is -0.723. The topological polar surface area (TPSA) is 95.6 Å². The molecule has 7 nitrogen and oxygen atoms in total. The van der Waals surface area contributed by atoms with Gasteiger partial charge in [0.05, 0.1) is 5.54 Å². The Bertz CT molecular complexity index is 1090. The molecule has 1 unspecified atom stereocenters. The Kier molecular flexibility index (Phi) is 5.31. The van der Waals surface area contributed by atoms with Gasteiger partial charge >= 0.3 is 0 Å². The molecule has 2 aromatic rings. The lowest BCUT2D eigenvalue weighted by molar-refractivity contribution is -0.136. The summed E-state index contributed by atoms with van der Waals surface area (Å²) in [5, 5.41) is 5.92. The number of hydrogen-bond donors (Lipinski definition) is 2. The molecule has 160 valence electrons. The second kappa shape index (κ2) is 7.81. The number of hydrogen-bond acceptors (Lipinski definition) is 4. The van der Waals surface area contributed by atoms with Crippen LogP contribution in [0.2, 0.25) is 5.02 Å². The molecule has 0 aromatic heterocycles. The third kappa shape index (κ3) is 3.93. The van der Waals surface area contributed by atoms with E-state index in [4.69, 9.17) is 11.6 Å². The first-order valence-corrected chi connectivity index (χ1v) is 10.4. The Morgan fingerprint density at radius 2 is 1.84 bits per heavy atom. The lowest BCUT2D eigenvalue weighted by atomic mass is 9.93. The third-order valence-electron chi connectivity index (χ3n) is 5.82. The van der Waals surface area contributed by atoms with Gasteiger partial charge in [0.15, 0.2) is 0 Å². The number of nitrogens with zero attached hydrogens (tertiary/aromatic N) is 1. The van der Waals surface area contributed by atoms with Crippen LogP contribution in [0.5, 0.6) is 0 Å². The van der Waals surface area contributed by atoms with Crippen LogP contribution in [0, 0.1) is 0 Å². The first-order valence-electron chi connectivity index (χ1n) is 10.0. The highest BCUT2D eigenvalue weighted by molar-refractivity contribution is 6.30. The van der Waals surface area contributed by atoms with E-state index in [1.54, 1.807) is 30.3 Å². The molecule has 0 spiro atoms. The Morgan fingerprint density at radius 3 is 2.52 bits per heavy atom. The van der Waals surface area contributed by atoms with Gasteiger partial charge in [-0.2, -0.15) is 0 Å². The van der Waals surface area contributed by atoms with Gasteiger partial charge in [-0.1, -0.05) is 29.8 Å². The standard InChI is InChI=1S/C23H22ClN3O4/c1-23(2,13-6-8-14(24)9-7-13)26-20(29)15-4-3-5-16-17(15)12-27(22(16)31)18-10-11-19(28)25-21(18)30/h3-9,18H,10-12H2,1-2H3,(H,26,29)(H,25,28,30). The summed E-state index contributed by atoms with van der Waals surface area (Å²) in [4.78, 5) is 51.3. The van der Waals surface area contributed by atoms with E-state index in [9.17, 15) is 19.2 Å². The molecule has 8 heteroatoms. The van der Waals surface area contributed by atoms with E-state index in [1.165, 1.54) is 4.90 Å². The maximum atomic E-state index is 13.2. The Labute approximate surface area is 184 Å². The van der Waals surface area contributed by atoms with E-state index >= 15 is 0 Å². The molecule has 0 bridgehead atoms. The molecular formula is C23H22ClN3O4. The van der Waals surface area contributed by atoms with Crippen LogP contribution in [-0.4, -0.2) is 34.6 Å². The minimum absolute atomic E-state index is 0.144. The molecule has 2 N–H and O–H groups in total. The van der Waals surface area contributed by atoms with E-state index in [-0.39, 0.29) is 37.1 Å². The Hall–Kier alpha value is -3.19. The van der Waals surface area contributed by atoms with Crippen molar-refractivity contribution in [3.05, 3.63) is 69.7 Å². The first kappa shape index (κ1) is 21.1. The van der Waals surface area contributed by atoms with Crippen LogP contribution < -0.4 is 10.6 Å². The molecule has 0 radical (unpaired) electrons. The zero-order chi connectivity index (χ0) is 22.3. The monoisotopic (exact) mass is 439 g/mol. The number of amides is 4. The van der Waals surface area contributed by atoms with Crippen molar-refractivity contribution in [3.8, 4) is 0 Å². The van der Waals surface area contributed by atoms with Gasteiger partial charge in [-0.15, -0.1) is 0 Å². The molecule has 1 fully saturated rings. The molecule has 0 aliphatic carbocycles. The molecule has 1 atom stereocenters. The Morgan fingerprint density at radius 1 is 1.13 bits per heavy atom. The van der Waals surface area contributed by atoms with Gasteiger partial charge in [0.2, 0.25) is 11.8 Å². The molecule has 2 aromatic carbocycles. The van der Waals surface area contributed by atoms with Gasteiger partial charge in [0.1, 0.15) is 6.04 Å². The van der Waals surface area contributed by atoms with Crippen molar-refractivity contribution in [3.63, 3.8) is 0 Å². The fraction of sp³-hybridized carbons (Fsp3) is 0.304. The van der Waals surface area contributed by atoms with Crippen molar-refractivity contribution in [2.24, 2.45) is 0 Å². The van der Waals surface area contributed by atoms with Crippen molar-refractivity contribution in [2.75, 3.05) is 0 Å². The number of nitrogens with one attached hydrogen (secondary N) is 2. The van der Waals surface area contributed by atoms with E-state index in [0.717, 1.165) is 5.56 Å². The smallest absolute Gasteiger partial charge is 0.255 e. The van der Waals surface area contributed by atoms with Crippen LogP contribution >= 0.6 is 11.6 Å². The van der Waals surface area contributed by atoms with Crippen LogP contribution in [0.3, 0.4) is 0 Å². The minimum Gasteiger partial charge on any atom is -0.343 e. The fourth-order valence-electron chi connectivity index (χ4n) is 4.09. The van der Waals surface area contributed by atoms with Gasteiger partial charge in [-0.3, -0.25) is 24.5 Å². The summed E-state index contributed by atoms with van der Waals surface area (Å²) in [5.74, 6) is -1.44. The van der Waals surface area contributed by atoms with Crippen molar-refractivity contribution in [1.29, 1.82) is 0 Å². The molecule has 2 heterocycles. The number of benzene rings is 2. The van der Waals surface area contributed by atoms with Crippen LogP contribution in [0.4, 0.5) is 0 Å². The molecule has 4 rings (SSSR count). The highest BCUT2D eigenvalue weighted by Gasteiger charge is 2.40. The summed E-state index contributed by atoms with van der Waals surface area (Å²) in [5.41, 5.74) is 1.60. The third-order valence-corrected chi connectivity index (χ3v) is 6.07. The van der Waals surface area contributed by atoms with Crippen LogP contribution in [0.15, 0.2) is 42.5 Å². The first-order chi connectivity index (χ1) is 14.7. The summed E-state index contributed by atoms with van der Waals surface area (Å²) in [6, 6.07) is 11.5. The lowest BCUT2D eigenvalue weighted by Crippen LogP contribution is -2.52. The number of imide groups is 1. The van der Waals surface area contributed by atoms with Crippen molar-refractivity contribution >= 4 is 35.2 Å². The average molecular weight is 440 g/mol.